The molecule has 0 aliphatic carbocycles. The zero-order valence-corrected chi connectivity index (χ0v) is 5.03. The van der Waals surface area contributed by atoms with E-state index in [1.807, 2.05) is 0 Å². The van der Waals surface area contributed by atoms with Crippen molar-refractivity contribution in [3.8, 4) is 5.75 Å². The van der Waals surface area contributed by atoms with Crippen LogP contribution < -0.4 is 22.1 Å². The zero-order valence-electron chi connectivity index (χ0n) is 5.03. The summed E-state index contributed by atoms with van der Waals surface area (Å²) in [5.74, 6) is 4.92. The van der Waals surface area contributed by atoms with Crippen LogP contribution in [0.25, 0.3) is 0 Å². The maximum atomic E-state index is 10.5. The summed E-state index contributed by atoms with van der Waals surface area (Å²) in [6.07, 6.45) is 0. The molecule has 0 fully saturated rings. The van der Waals surface area contributed by atoms with Crippen LogP contribution in [-0.4, -0.2) is 0 Å². The summed E-state index contributed by atoms with van der Waals surface area (Å²) < 4.78 is 4.41. The molecule has 5 nitrogen and oxygen atoms in total. The lowest BCUT2D eigenvalue weighted by Gasteiger charge is -1.95. The predicted molar refractivity (Wildman–Crippen MR) is 34.2 cm³/mol. The Morgan fingerprint density at radius 3 is 2.70 bits per heavy atom. The van der Waals surface area contributed by atoms with Gasteiger partial charge in [0, 0.05) is 6.07 Å². The molecule has 0 bridgehead atoms. The second-order valence-electron chi connectivity index (χ2n) is 1.63. The van der Waals surface area contributed by atoms with E-state index >= 15 is 0 Å². The van der Waals surface area contributed by atoms with E-state index in [0.29, 0.717) is 0 Å². The van der Waals surface area contributed by atoms with Crippen LogP contribution in [0.2, 0.25) is 0 Å². The van der Waals surface area contributed by atoms with Crippen LogP contribution in [0, 0.1) is 0 Å². The number of rotatable bonds is 1. The third-order valence-electron chi connectivity index (χ3n) is 0.899. The Balaban J connectivity index is 3.19. The fourth-order valence-corrected chi connectivity index (χ4v) is 0.541. The summed E-state index contributed by atoms with van der Waals surface area (Å²) in [6.45, 7) is 0. The van der Waals surface area contributed by atoms with Crippen molar-refractivity contribution in [3.05, 3.63) is 22.6 Å². The molecular formula is C5H6N2O3. The summed E-state index contributed by atoms with van der Waals surface area (Å²) in [6, 6.07) is 2.40. The van der Waals surface area contributed by atoms with E-state index in [9.17, 15) is 4.79 Å². The molecule has 0 spiro atoms. The van der Waals surface area contributed by atoms with E-state index in [2.05, 4.69) is 9.25 Å². The van der Waals surface area contributed by atoms with Gasteiger partial charge in [0.1, 0.15) is 0 Å². The van der Waals surface area contributed by atoms with Gasteiger partial charge < -0.3 is 15.0 Å². The molecule has 0 aliphatic rings. The van der Waals surface area contributed by atoms with E-state index in [1.54, 1.807) is 0 Å². The van der Waals surface area contributed by atoms with Gasteiger partial charge in [-0.3, -0.25) is 0 Å². The molecule has 1 aromatic rings. The lowest BCUT2D eigenvalue weighted by Crippen LogP contribution is -2.06. The highest BCUT2D eigenvalue weighted by atomic mass is 16.6. The van der Waals surface area contributed by atoms with E-state index in [-0.39, 0.29) is 11.6 Å². The van der Waals surface area contributed by atoms with Gasteiger partial charge in [-0.2, -0.15) is 5.90 Å². The number of hydrogen-bond acceptors (Lipinski definition) is 5. The highest BCUT2D eigenvalue weighted by molar-refractivity contribution is 5.31. The first-order valence-corrected chi connectivity index (χ1v) is 2.50. The van der Waals surface area contributed by atoms with E-state index in [4.69, 9.17) is 11.6 Å². The van der Waals surface area contributed by atoms with Crippen LogP contribution in [0.1, 0.15) is 0 Å². The summed E-state index contributed by atoms with van der Waals surface area (Å²) in [5.41, 5.74) is 4.55. The first kappa shape index (κ1) is 6.63. The van der Waals surface area contributed by atoms with Gasteiger partial charge in [0.2, 0.25) is 0 Å². The maximum Gasteiger partial charge on any atom is 0.341 e. The van der Waals surface area contributed by atoms with Gasteiger partial charge in [-0.05, 0) is 0 Å². The van der Waals surface area contributed by atoms with Crippen LogP contribution in [0.4, 0.5) is 5.88 Å². The molecule has 0 saturated heterocycles. The number of nitrogen functional groups attached to an aromatic ring is 1. The molecule has 1 rings (SSSR count). The van der Waals surface area contributed by atoms with Crippen molar-refractivity contribution in [1.29, 1.82) is 0 Å². The summed E-state index contributed by atoms with van der Waals surface area (Å²) in [4.78, 5) is 14.7. The largest absolute Gasteiger partial charge is 0.411 e. The Hall–Kier alpha value is -1.49. The summed E-state index contributed by atoms with van der Waals surface area (Å²) in [5, 5.41) is 0. The molecule has 54 valence electrons. The molecule has 1 aromatic heterocycles. The molecule has 0 radical (unpaired) electrons. The predicted octanol–water partition coefficient (Wildman–Crippen LogP) is -0.526. The Morgan fingerprint density at radius 1 is 1.50 bits per heavy atom. The molecule has 0 amide bonds. The molecular weight excluding hydrogens is 136 g/mol. The van der Waals surface area contributed by atoms with Crippen LogP contribution in [0.3, 0.4) is 0 Å². The fourth-order valence-electron chi connectivity index (χ4n) is 0.541. The summed E-state index contributed by atoms with van der Waals surface area (Å²) in [7, 11) is 0. The van der Waals surface area contributed by atoms with Crippen molar-refractivity contribution in [1.82, 2.24) is 0 Å². The molecule has 0 unspecified atom stereocenters. The van der Waals surface area contributed by atoms with E-state index in [0.717, 1.165) is 6.07 Å². The van der Waals surface area contributed by atoms with Gasteiger partial charge in [0.05, 0.1) is 6.07 Å². The van der Waals surface area contributed by atoms with Crippen molar-refractivity contribution in [3.63, 3.8) is 0 Å². The summed E-state index contributed by atoms with van der Waals surface area (Å²) >= 11 is 0. The molecule has 0 aromatic carbocycles. The maximum absolute atomic E-state index is 10.5. The van der Waals surface area contributed by atoms with E-state index in [1.165, 1.54) is 6.07 Å². The monoisotopic (exact) mass is 142 g/mol. The first-order chi connectivity index (χ1) is 4.72. The zero-order chi connectivity index (χ0) is 7.56. The average Bonchev–Trinajstić information content (AvgIpc) is 1.85. The van der Waals surface area contributed by atoms with Crippen molar-refractivity contribution in [2.75, 3.05) is 5.73 Å². The third-order valence-corrected chi connectivity index (χ3v) is 0.899. The number of hydrogen-bond donors (Lipinski definition) is 2. The van der Waals surface area contributed by atoms with Crippen molar-refractivity contribution in [2.24, 2.45) is 5.90 Å². The quantitative estimate of drug-likeness (QED) is 0.514. The minimum Gasteiger partial charge on any atom is -0.411 e. The Morgan fingerprint density at radius 2 is 2.20 bits per heavy atom. The normalized spacial score (nSPS) is 9.30. The van der Waals surface area contributed by atoms with Gasteiger partial charge in [-0.25, -0.2) is 4.79 Å². The van der Waals surface area contributed by atoms with Crippen molar-refractivity contribution >= 4 is 5.88 Å². The van der Waals surface area contributed by atoms with Crippen molar-refractivity contribution < 1.29 is 9.25 Å². The van der Waals surface area contributed by atoms with Crippen LogP contribution in [-0.2, 0) is 0 Å². The van der Waals surface area contributed by atoms with Gasteiger partial charge in [-0.15, -0.1) is 0 Å². The van der Waals surface area contributed by atoms with E-state index < -0.39 is 5.63 Å². The minimum atomic E-state index is -0.583. The highest BCUT2D eigenvalue weighted by Gasteiger charge is 1.96. The smallest absolute Gasteiger partial charge is 0.341 e. The average molecular weight is 142 g/mol. The molecule has 0 saturated carbocycles. The molecule has 4 N–H and O–H groups in total. The number of anilines is 1. The third kappa shape index (κ3) is 1.26. The van der Waals surface area contributed by atoms with Gasteiger partial charge in [-0.1, -0.05) is 0 Å². The Labute approximate surface area is 56.1 Å². The molecule has 10 heavy (non-hydrogen) atoms. The molecule has 1 heterocycles. The van der Waals surface area contributed by atoms with Crippen LogP contribution in [0.15, 0.2) is 21.3 Å². The van der Waals surface area contributed by atoms with Crippen LogP contribution in [0.5, 0.6) is 5.75 Å². The van der Waals surface area contributed by atoms with Gasteiger partial charge >= 0.3 is 5.63 Å². The first-order valence-electron chi connectivity index (χ1n) is 2.50. The van der Waals surface area contributed by atoms with Gasteiger partial charge in [0.25, 0.3) is 0 Å². The van der Waals surface area contributed by atoms with Gasteiger partial charge in [0.15, 0.2) is 11.6 Å². The number of nitrogens with two attached hydrogens (primary N) is 2. The standard InChI is InChI=1S/C5H6N2O3/c6-4-1-3(10-7)2-5(8)9-4/h1-2H,6-7H2. The Kier molecular flexibility index (Phi) is 1.59. The molecule has 0 atom stereocenters. The minimum absolute atomic E-state index is 0.0204. The second-order valence-corrected chi connectivity index (χ2v) is 1.63. The fraction of sp³-hybridized carbons (Fsp3) is 0. The second kappa shape index (κ2) is 2.40. The lowest BCUT2D eigenvalue weighted by atomic mass is 10.4. The SMILES string of the molecule is NOc1cc(N)oc(=O)c1. The van der Waals surface area contributed by atoms with Crippen molar-refractivity contribution in [2.45, 2.75) is 0 Å². The van der Waals surface area contributed by atoms with Crippen LogP contribution >= 0.6 is 0 Å². The molecule has 0 aliphatic heterocycles. The molecule has 5 heteroatoms. The Bertz CT molecular complexity index is 280. The highest BCUT2D eigenvalue weighted by Crippen LogP contribution is 2.08. The topological polar surface area (TPSA) is 91.5 Å². The lowest BCUT2D eigenvalue weighted by molar-refractivity contribution is 0.329.